The largest absolute Gasteiger partial charge is 0.486 e. The molecule has 0 atom stereocenters. The molecule has 10 heteroatoms. The van der Waals surface area contributed by atoms with Crippen LogP contribution < -0.4 is 20.5 Å². The average molecular weight is 415 g/mol. The minimum atomic E-state index is -0.483. The number of aromatic nitrogens is 3. The highest BCUT2D eigenvalue weighted by Crippen LogP contribution is 2.39. The number of carbonyl (C=O) groups excluding carboxylic acids is 1. The minimum absolute atomic E-state index is 0.174. The Balaban J connectivity index is 1.52. The molecule has 0 fully saturated rings. The van der Waals surface area contributed by atoms with Gasteiger partial charge in [-0.1, -0.05) is 17.7 Å². The van der Waals surface area contributed by atoms with Gasteiger partial charge in [-0.25, -0.2) is 9.37 Å². The summed E-state index contributed by atoms with van der Waals surface area (Å²) in [6.07, 6.45) is 0. The maximum absolute atomic E-state index is 13.1. The number of carbonyl (C=O) groups is 1. The molecule has 2 aromatic heterocycles. The summed E-state index contributed by atoms with van der Waals surface area (Å²) in [6.45, 7) is 1.11. The average Bonchev–Trinajstić information content (AvgIpc) is 2.74. The number of hydrazine groups is 1. The lowest BCUT2D eigenvalue weighted by molar-refractivity contribution is 0.0957. The molecule has 29 heavy (non-hydrogen) atoms. The van der Waals surface area contributed by atoms with Crippen LogP contribution >= 0.6 is 11.6 Å². The van der Waals surface area contributed by atoms with Gasteiger partial charge in [0, 0.05) is 12.6 Å². The third kappa shape index (κ3) is 3.90. The summed E-state index contributed by atoms with van der Waals surface area (Å²) in [5.41, 5.74) is 7.26. The number of anilines is 2. The number of hydrogen-bond donors (Lipinski definition) is 2. The fraction of sp³-hybridized carbons (Fsp3) is 0.158. The molecule has 0 bridgehead atoms. The fourth-order valence-electron chi connectivity index (χ4n) is 2.86. The molecule has 0 saturated carbocycles. The molecule has 0 aliphatic carbocycles. The lowest BCUT2D eigenvalue weighted by atomic mass is 10.1. The van der Waals surface area contributed by atoms with E-state index >= 15 is 0 Å². The van der Waals surface area contributed by atoms with Crippen LogP contribution in [0.3, 0.4) is 0 Å². The Hall–Kier alpha value is -3.46. The van der Waals surface area contributed by atoms with Gasteiger partial charge in [0.2, 0.25) is 5.82 Å². The number of fused-ring (bicyclic) bond motifs is 1. The van der Waals surface area contributed by atoms with Crippen LogP contribution in [0.1, 0.15) is 10.5 Å². The first-order valence-electron chi connectivity index (χ1n) is 8.72. The van der Waals surface area contributed by atoms with Crippen molar-refractivity contribution in [1.29, 1.82) is 0 Å². The van der Waals surface area contributed by atoms with Gasteiger partial charge >= 0.3 is 0 Å². The van der Waals surface area contributed by atoms with E-state index in [2.05, 4.69) is 26.0 Å². The molecular weight excluding hydrogens is 399 g/mol. The van der Waals surface area contributed by atoms with E-state index in [9.17, 15) is 9.18 Å². The standard InChI is InChI=1S/C19H16ClFN6O2/c1-27-9-10-29-16-15(27)17(20)23-24-18(16)25-26-19(28)14-4-2-3-13(22-14)11-5-7-12(21)8-6-11/h2-8H,9-10H2,1H3,(H,24,25)(H,26,28). The fourth-order valence-corrected chi connectivity index (χ4v) is 3.13. The van der Waals surface area contributed by atoms with Crippen LogP contribution in [0.5, 0.6) is 5.75 Å². The molecule has 2 N–H and O–H groups in total. The summed E-state index contributed by atoms with van der Waals surface area (Å²) in [5.74, 6) is -0.179. The van der Waals surface area contributed by atoms with Gasteiger partial charge in [0.1, 0.15) is 23.8 Å². The Labute approximate surface area is 170 Å². The summed E-state index contributed by atoms with van der Waals surface area (Å²) in [6, 6.07) is 10.9. The monoisotopic (exact) mass is 414 g/mol. The lowest BCUT2D eigenvalue weighted by Gasteiger charge is -2.28. The van der Waals surface area contributed by atoms with Gasteiger partial charge in [0.05, 0.1) is 12.2 Å². The van der Waals surface area contributed by atoms with Crippen molar-refractivity contribution in [2.24, 2.45) is 0 Å². The Bertz CT molecular complexity index is 1060. The highest BCUT2D eigenvalue weighted by Gasteiger charge is 2.24. The maximum Gasteiger partial charge on any atom is 0.288 e. The van der Waals surface area contributed by atoms with Crippen molar-refractivity contribution >= 4 is 29.0 Å². The summed E-state index contributed by atoms with van der Waals surface area (Å²) in [5, 5.41) is 8.05. The Morgan fingerprint density at radius 3 is 2.79 bits per heavy atom. The van der Waals surface area contributed by atoms with Crippen LogP contribution in [0, 0.1) is 5.82 Å². The molecule has 3 heterocycles. The number of likely N-dealkylation sites (N-methyl/N-ethyl adjacent to an activating group) is 1. The molecule has 0 radical (unpaired) electrons. The summed E-state index contributed by atoms with van der Waals surface area (Å²) in [7, 11) is 1.86. The second kappa shape index (κ2) is 7.88. The number of amides is 1. The smallest absolute Gasteiger partial charge is 0.288 e. The molecule has 1 aliphatic rings. The quantitative estimate of drug-likeness (QED) is 0.634. The molecule has 4 rings (SSSR count). The zero-order valence-corrected chi connectivity index (χ0v) is 16.1. The normalized spacial score (nSPS) is 12.7. The highest BCUT2D eigenvalue weighted by atomic mass is 35.5. The first kappa shape index (κ1) is 18.9. The van der Waals surface area contributed by atoms with Crippen molar-refractivity contribution in [2.75, 3.05) is 30.5 Å². The van der Waals surface area contributed by atoms with Crippen molar-refractivity contribution in [3.8, 4) is 17.0 Å². The highest BCUT2D eigenvalue weighted by molar-refractivity contribution is 6.32. The van der Waals surface area contributed by atoms with Gasteiger partial charge in [-0.05, 0) is 36.4 Å². The Morgan fingerprint density at radius 2 is 2.00 bits per heavy atom. The van der Waals surface area contributed by atoms with Gasteiger partial charge in [-0.3, -0.25) is 15.6 Å². The van der Waals surface area contributed by atoms with Crippen molar-refractivity contribution in [1.82, 2.24) is 20.6 Å². The van der Waals surface area contributed by atoms with Gasteiger partial charge in [0.15, 0.2) is 10.9 Å². The number of rotatable bonds is 4. The van der Waals surface area contributed by atoms with E-state index < -0.39 is 5.91 Å². The number of nitrogens with one attached hydrogen (secondary N) is 2. The molecule has 0 unspecified atom stereocenters. The number of hydrogen-bond acceptors (Lipinski definition) is 7. The molecule has 1 amide bonds. The SMILES string of the molecule is CN1CCOc2c(NNC(=O)c3cccc(-c4ccc(F)cc4)n3)nnc(Cl)c21. The molecule has 148 valence electrons. The zero-order valence-electron chi connectivity index (χ0n) is 15.3. The number of benzene rings is 1. The Morgan fingerprint density at radius 1 is 1.21 bits per heavy atom. The molecule has 3 aromatic rings. The molecule has 8 nitrogen and oxygen atoms in total. The second-order valence-corrected chi connectivity index (χ2v) is 6.64. The molecule has 1 aliphatic heterocycles. The van der Waals surface area contributed by atoms with E-state index in [-0.39, 0.29) is 22.5 Å². The number of ether oxygens (including phenoxy) is 1. The maximum atomic E-state index is 13.1. The predicted molar refractivity (Wildman–Crippen MR) is 107 cm³/mol. The van der Waals surface area contributed by atoms with E-state index in [0.717, 1.165) is 0 Å². The van der Waals surface area contributed by atoms with Gasteiger partial charge in [-0.15, -0.1) is 10.2 Å². The number of halogens is 2. The van der Waals surface area contributed by atoms with Crippen LogP contribution in [-0.4, -0.2) is 41.3 Å². The second-order valence-electron chi connectivity index (χ2n) is 6.28. The lowest BCUT2D eigenvalue weighted by Crippen LogP contribution is -2.33. The first-order valence-corrected chi connectivity index (χ1v) is 9.10. The van der Waals surface area contributed by atoms with Crippen LogP contribution in [0.15, 0.2) is 42.5 Å². The summed E-state index contributed by atoms with van der Waals surface area (Å²) >= 11 is 6.11. The molecular formula is C19H16ClFN6O2. The van der Waals surface area contributed by atoms with E-state index in [1.54, 1.807) is 30.3 Å². The third-order valence-electron chi connectivity index (χ3n) is 4.33. The molecule has 0 spiro atoms. The van der Waals surface area contributed by atoms with Crippen molar-refractivity contribution < 1.29 is 13.9 Å². The predicted octanol–water partition coefficient (Wildman–Crippen LogP) is 2.92. The van der Waals surface area contributed by atoms with Gasteiger partial charge < -0.3 is 9.64 Å². The number of pyridine rings is 1. The van der Waals surface area contributed by atoms with Crippen molar-refractivity contribution in [3.63, 3.8) is 0 Å². The van der Waals surface area contributed by atoms with E-state index in [1.165, 1.54) is 12.1 Å². The summed E-state index contributed by atoms with van der Waals surface area (Å²) < 4.78 is 18.8. The van der Waals surface area contributed by atoms with Crippen LogP contribution in [-0.2, 0) is 0 Å². The van der Waals surface area contributed by atoms with E-state index in [0.29, 0.717) is 35.8 Å². The van der Waals surface area contributed by atoms with E-state index in [1.807, 2.05) is 11.9 Å². The number of nitrogens with zero attached hydrogens (tertiary/aromatic N) is 4. The summed E-state index contributed by atoms with van der Waals surface area (Å²) in [4.78, 5) is 18.8. The van der Waals surface area contributed by atoms with Crippen LogP contribution in [0.25, 0.3) is 11.3 Å². The van der Waals surface area contributed by atoms with Gasteiger partial charge in [0.25, 0.3) is 5.91 Å². The molecule has 0 saturated heterocycles. The first-order chi connectivity index (χ1) is 14.0. The topological polar surface area (TPSA) is 92.3 Å². The van der Waals surface area contributed by atoms with Crippen molar-refractivity contribution in [2.45, 2.75) is 0 Å². The van der Waals surface area contributed by atoms with Gasteiger partial charge in [-0.2, -0.15) is 0 Å². The van der Waals surface area contributed by atoms with Crippen LogP contribution in [0.2, 0.25) is 5.15 Å². The molecule has 1 aromatic carbocycles. The third-order valence-corrected chi connectivity index (χ3v) is 4.59. The minimum Gasteiger partial charge on any atom is -0.486 e. The van der Waals surface area contributed by atoms with Crippen molar-refractivity contribution in [3.05, 3.63) is 59.1 Å². The Kier molecular flexibility index (Phi) is 5.13. The van der Waals surface area contributed by atoms with E-state index in [4.69, 9.17) is 16.3 Å². The van der Waals surface area contributed by atoms with Crippen LogP contribution in [0.4, 0.5) is 15.9 Å². The zero-order chi connectivity index (χ0) is 20.4.